The second kappa shape index (κ2) is 4.89. The van der Waals surface area contributed by atoms with Gasteiger partial charge in [-0.05, 0) is 51.4 Å². The molecule has 19 heavy (non-hydrogen) atoms. The maximum absolute atomic E-state index is 4.61. The van der Waals surface area contributed by atoms with Gasteiger partial charge in [-0.25, -0.2) is 0 Å². The third kappa shape index (κ3) is 2.12. The average Bonchev–Trinajstić information content (AvgIpc) is 2.83. The number of nitrogens with zero attached hydrogens (tertiary/aromatic N) is 4. The van der Waals surface area contributed by atoms with Crippen molar-refractivity contribution < 1.29 is 0 Å². The molecular weight excluding hydrogens is 238 g/mol. The fourth-order valence-electron chi connectivity index (χ4n) is 3.18. The Bertz CT molecular complexity index is 563. The Morgan fingerprint density at radius 2 is 2.05 bits per heavy atom. The minimum Gasteiger partial charge on any atom is -0.317 e. The number of fused-ring (bicyclic) bond motifs is 1. The largest absolute Gasteiger partial charge is 0.317 e. The maximum Gasteiger partial charge on any atom is 0.177 e. The highest BCUT2D eigenvalue weighted by molar-refractivity contribution is 5.37. The summed E-state index contributed by atoms with van der Waals surface area (Å²) in [6, 6.07) is 3.99. The van der Waals surface area contributed by atoms with Crippen molar-refractivity contribution in [3.63, 3.8) is 0 Å². The number of hydrogen-bond donors (Lipinski definition) is 1. The topological polar surface area (TPSA) is 55.1 Å². The molecule has 0 atom stereocenters. The molecule has 0 radical (unpaired) electrons. The molecule has 0 bridgehead atoms. The van der Waals surface area contributed by atoms with Crippen LogP contribution in [0.2, 0.25) is 0 Å². The average molecular weight is 259 g/mol. The first-order valence-electron chi connectivity index (χ1n) is 7.15. The highest BCUT2D eigenvalue weighted by Gasteiger charge is 2.37. The summed E-state index contributed by atoms with van der Waals surface area (Å²) in [5.74, 6) is 1.05. The molecule has 5 nitrogen and oxygen atoms in total. The predicted octanol–water partition coefficient (Wildman–Crippen LogP) is 1.85. The van der Waals surface area contributed by atoms with E-state index in [9.17, 15) is 0 Å². The molecule has 1 aliphatic heterocycles. The van der Waals surface area contributed by atoms with E-state index >= 15 is 0 Å². The van der Waals surface area contributed by atoms with Gasteiger partial charge in [0.1, 0.15) is 0 Å². The van der Waals surface area contributed by atoms with Gasteiger partial charge in [-0.2, -0.15) is 9.61 Å². The van der Waals surface area contributed by atoms with Crippen molar-refractivity contribution in [2.24, 2.45) is 0 Å². The Morgan fingerprint density at radius 3 is 2.79 bits per heavy atom. The fourth-order valence-corrected chi connectivity index (χ4v) is 3.18. The van der Waals surface area contributed by atoms with Crippen LogP contribution < -0.4 is 5.32 Å². The van der Waals surface area contributed by atoms with E-state index in [1.165, 1.54) is 6.42 Å². The number of aryl methyl sites for hydroxylation is 1. The third-order valence-electron chi connectivity index (χ3n) is 4.16. The molecule has 0 aromatic carbocycles. The van der Waals surface area contributed by atoms with Crippen molar-refractivity contribution in [1.82, 2.24) is 25.1 Å². The SMILES string of the molecule is CCCC1(c2nnc3ccc(C)nn23)CCNCC1. The molecular formula is C14H21N5. The van der Waals surface area contributed by atoms with E-state index in [0.717, 1.165) is 49.5 Å². The summed E-state index contributed by atoms with van der Waals surface area (Å²) in [6.45, 7) is 6.37. The Morgan fingerprint density at radius 1 is 1.26 bits per heavy atom. The maximum atomic E-state index is 4.61. The summed E-state index contributed by atoms with van der Waals surface area (Å²) in [7, 11) is 0. The van der Waals surface area contributed by atoms with Crippen molar-refractivity contribution >= 4 is 5.65 Å². The molecule has 1 aliphatic rings. The number of hydrogen-bond acceptors (Lipinski definition) is 4. The fraction of sp³-hybridized carbons (Fsp3) is 0.643. The van der Waals surface area contributed by atoms with Crippen LogP contribution in [0.1, 0.15) is 44.1 Å². The number of rotatable bonds is 3. The Hall–Kier alpha value is -1.49. The molecule has 3 rings (SSSR count). The van der Waals surface area contributed by atoms with Crippen LogP contribution in [0, 0.1) is 6.92 Å². The molecule has 0 amide bonds. The van der Waals surface area contributed by atoms with Crippen LogP contribution in [0.3, 0.4) is 0 Å². The molecule has 1 saturated heterocycles. The second-order valence-corrected chi connectivity index (χ2v) is 5.55. The van der Waals surface area contributed by atoms with Gasteiger partial charge in [0, 0.05) is 5.41 Å². The first-order chi connectivity index (χ1) is 9.25. The van der Waals surface area contributed by atoms with Gasteiger partial charge in [0.05, 0.1) is 5.69 Å². The van der Waals surface area contributed by atoms with Crippen LogP contribution in [0.25, 0.3) is 5.65 Å². The monoisotopic (exact) mass is 259 g/mol. The van der Waals surface area contributed by atoms with Crippen molar-refractivity contribution in [1.29, 1.82) is 0 Å². The summed E-state index contributed by atoms with van der Waals surface area (Å²) in [6.07, 6.45) is 4.57. The van der Waals surface area contributed by atoms with Gasteiger partial charge in [0.25, 0.3) is 0 Å². The van der Waals surface area contributed by atoms with Gasteiger partial charge in [0.2, 0.25) is 0 Å². The minimum atomic E-state index is 0.139. The van der Waals surface area contributed by atoms with Crippen molar-refractivity contribution in [3.8, 4) is 0 Å². The third-order valence-corrected chi connectivity index (χ3v) is 4.16. The van der Waals surface area contributed by atoms with Crippen molar-refractivity contribution in [2.45, 2.75) is 44.9 Å². The van der Waals surface area contributed by atoms with E-state index in [1.807, 2.05) is 23.6 Å². The molecule has 102 valence electrons. The quantitative estimate of drug-likeness (QED) is 0.914. The van der Waals surface area contributed by atoms with Crippen LogP contribution in [-0.4, -0.2) is 32.9 Å². The normalized spacial score (nSPS) is 18.8. The van der Waals surface area contributed by atoms with Gasteiger partial charge in [-0.1, -0.05) is 13.3 Å². The second-order valence-electron chi connectivity index (χ2n) is 5.55. The summed E-state index contributed by atoms with van der Waals surface area (Å²) in [4.78, 5) is 0. The molecule has 0 aliphatic carbocycles. The lowest BCUT2D eigenvalue weighted by atomic mass is 9.74. The zero-order chi connectivity index (χ0) is 13.3. The van der Waals surface area contributed by atoms with Gasteiger partial charge >= 0.3 is 0 Å². The lowest BCUT2D eigenvalue weighted by Gasteiger charge is -2.35. The highest BCUT2D eigenvalue weighted by atomic mass is 15.4. The lowest BCUT2D eigenvalue weighted by molar-refractivity contribution is 0.266. The Labute approximate surface area is 113 Å². The van der Waals surface area contributed by atoms with Gasteiger partial charge < -0.3 is 5.32 Å². The standard InChI is InChI=1S/C14H21N5/c1-3-6-14(7-9-15-10-8-14)13-17-16-12-5-4-11(2)18-19(12)13/h4-5,15H,3,6-10H2,1-2H3. The van der Waals surface area contributed by atoms with Crippen LogP contribution in [0.4, 0.5) is 0 Å². The molecule has 1 N–H and O–H groups in total. The number of nitrogens with one attached hydrogen (secondary N) is 1. The molecule has 2 aromatic rings. The van der Waals surface area contributed by atoms with Crippen molar-refractivity contribution in [3.05, 3.63) is 23.7 Å². The molecule has 3 heterocycles. The lowest BCUT2D eigenvalue weighted by Crippen LogP contribution is -2.41. The van der Waals surface area contributed by atoms with E-state index in [4.69, 9.17) is 0 Å². The number of piperidine rings is 1. The van der Waals surface area contributed by atoms with E-state index in [-0.39, 0.29) is 5.41 Å². The smallest absolute Gasteiger partial charge is 0.177 e. The first-order valence-corrected chi connectivity index (χ1v) is 7.15. The summed E-state index contributed by atoms with van der Waals surface area (Å²) in [5, 5.41) is 16.8. The van der Waals surface area contributed by atoms with Crippen LogP contribution in [0.5, 0.6) is 0 Å². The zero-order valence-corrected chi connectivity index (χ0v) is 11.7. The Kier molecular flexibility index (Phi) is 3.22. The molecule has 0 spiro atoms. The van der Waals surface area contributed by atoms with Crippen LogP contribution >= 0.6 is 0 Å². The van der Waals surface area contributed by atoms with Gasteiger partial charge in [0.15, 0.2) is 11.5 Å². The molecule has 1 fully saturated rings. The minimum absolute atomic E-state index is 0.139. The van der Waals surface area contributed by atoms with E-state index in [1.54, 1.807) is 0 Å². The molecule has 0 unspecified atom stereocenters. The number of aromatic nitrogens is 4. The zero-order valence-electron chi connectivity index (χ0n) is 11.7. The summed E-state index contributed by atoms with van der Waals surface area (Å²) < 4.78 is 1.95. The Balaban J connectivity index is 2.11. The van der Waals surface area contributed by atoms with E-state index in [0.29, 0.717) is 0 Å². The van der Waals surface area contributed by atoms with Gasteiger partial charge in [-0.15, -0.1) is 10.2 Å². The van der Waals surface area contributed by atoms with Gasteiger partial charge in [-0.3, -0.25) is 0 Å². The van der Waals surface area contributed by atoms with E-state index < -0.39 is 0 Å². The summed E-state index contributed by atoms with van der Waals surface area (Å²) >= 11 is 0. The molecule has 5 heteroatoms. The highest BCUT2D eigenvalue weighted by Crippen LogP contribution is 2.36. The first kappa shape index (κ1) is 12.5. The predicted molar refractivity (Wildman–Crippen MR) is 74.2 cm³/mol. The summed E-state index contributed by atoms with van der Waals surface area (Å²) in [5.41, 5.74) is 2.00. The molecule has 0 saturated carbocycles. The van der Waals surface area contributed by atoms with E-state index in [2.05, 4.69) is 27.5 Å². The molecule has 2 aromatic heterocycles. The van der Waals surface area contributed by atoms with Crippen LogP contribution in [0.15, 0.2) is 12.1 Å². The van der Waals surface area contributed by atoms with Crippen molar-refractivity contribution in [2.75, 3.05) is 13.1 Å². The van der Waals surface area contributed by atoms with Crippen LogP contribution in [-0.2, 0) is 5.41 Å².